The van der Waals surface area contributed by atoms with Gasteiger partial charge in [-0.25, -0.2) is 0 Å². The number of hydrogen-bond donors (Lipinski definition) is 1. The van der Waals surface area contributed by atoms with Gasteiger partial charge in [0.25, 0.3) is 0 Å². The maximum Gasteiger partial charge on any atom is 0.0683 e. The van der Waals surface area contributed by atoms with Gasteiger partial charge in [-0.05, 0) is 32.9 Å². The number of aryl methyl sites for hydroxylation is 2. The summed E-state index contributed by atoms with van der Waals surface area (Å²) in [7, 11) is 1.98. The van der Waals surface area contributed by atoms with Crippen molar-refractivity contribution in [1.29, 1.82) is 0 Å². The Bertz CT molecular complexity index is 508. The monoisotopic (exact) mass is 235 g/mol. The molecule has 0 saturated heterocycles. The van der Waals surface area contributed by atoms with Gasteiger partial charge in [0.05, 0.1) is 5.69 Å². The number of hydrogen-bond acceptors (Lipinski definition) is 3. The second-order valence-corrected chi connectivity index (χ2v) is 5.28. The molecule has 3 nitrogen and oxygen atoms in total. The van der Waals surface area contributed by atoms with E-state index >= 15 is 0 Å². The number of nitrogens with zero attached hydrogens (tertiary/aromatic N) is 2. The molecule has 0 bridgehead atoms. The Morgan fingerprint density at radius 3 is 2.50 bits per heavy atom. The zero-order chi connectivity index (χ0) is 11.9. The van der Waals surface area contributed by atoms with Crippen molar-refractivity contribution in [2.75, 3.05) is 0 Å². The van der Waals surface area contributed by atoms with E-state index in [1.165, 1.54) is 21.0 Å². The van der Waals surface area contributed by atoms with Crippen LogP contribution in [-0.4, -0.2) is 9.78 Å². The quantitative estimate of drug-likeness (QED) is 0.870. The lowest BCUT2D eigenvalue weighted by molar-refractivity contribution is 0.731. The summed E-state index contributed by atoms with van der Waals surface area (Å²) >= 11 is 1.76. The Kier molecular flexibility index (Phi) is 2.86. The number of nitrogens with two attached hydrogens (primary N) is 1. The van der Waals surface area contributed by atoms with E-state index in [0.717, 1.165) is 5.69 Å². The molecule has 1 unspecified atom stereocenters. The fourth-order valence-electron chi connectivity index (χ4n) is 1.86. The molecule has 0 aliphatic heterocycles. The first kappa shape index (κ1) is 11.4. The molecule has 2 rings (SSSR count). The molecule has 4 heteroatoms. The molecule has 0 fully saturated rings. The third kappa shape index (κ3) is 1.79. The third-order valence-electron chi connectivity index (χ3n) is 2.83. The average Bonchev–Trinajstić information content (AvgIpc) is 2.74. The van der Waals surface area contributed by atoms with Gasteiger partial charge in [-0.15, -0.1) is 11.3 Å². The highest BCUT2D eigenvalue weighted by Crippen LogP contribution is 2.34. The number of aromatic nitrogens is 2. The molecule has 0 radical (unpaired) electrons. The molecular weight excluding hydrogens is 218 g/mol. The van der Waals surface area contributed by atoms with Crippen molar-refractivity contribution < 1.29 is 0 Å². The SMILES string of the molecule is Cc1nn(C)c(C)c1-c1ccc(C(C)N)s1. The maximum atomic E-state index is 5.88. The summed E-state index contributed by atoms with van der Waals surface area (Å²) in [5, 5.41) is 4.43. The van der Waals surface area contributed by atoms with E-state index in [1.807, 2.05) is 25.6 Å². The van der Waals surface area contributed by atoms with Gasteiger partial charge >= 0.3 is 0 Å². The first-order valence-electron chi connectivity index (χ1n) is 5.36. The highest BCUT2D eigenvalue weighted by Gasteiger charge is 2.14. The van der Waals surface area contributed by atoms with Gasteiger partial charge in [0, 0.05) is 34.1 Å². The van der Waals surface area contributed by atoms with Crippen LogP contribution in [0.15, 0.2) is 12.1 Å². The molecule has 1 atom stereocenters. The Hall–Kier alpha value is -1.13. The summed E-state index contributed by atoms with van der Waals surface area (Å²) in [5.74, 6) is 0. The largest absolute Gasteiger partial charge is 0.324 e. The van der Waals surface area contributed by atoms with Crippen LogP contribution in [0, 0.1) is 13.8 Å². The first-order chi connectivity index (χ1) is 7.50. The second kappa shape index (κ2) is 4.03. The van der Waals surface area contributed by atoms with Crippen LogP contribution in [0.4, 0.5) is 0 Å². The molecule has 2 N–H and O–H groups in total. The molecule has 0 amide bonds. The maximum absolute atomic E-state index is 5.88. The zero-order valence-electron chi connectivity index (χ0n) is 10.1. The van der Waals surface area contributed by atoms with Crippen LogP contribution in [0.25, 0.3) is 10.4 Å². The van der Waals surface area contributed by atoms with Crippen LogP contribution in [0.3, 0.4) is 0 Å². The summed E-state index contributed by atoms with van der Waals surface area (Å²) in [4.78, 5) is 2.48. The number of rotatable bonds is 2. The van der Waals surface area contributed by atoms with E-state index < -0.39 is 0 Å². The molecule has 2 aromatic rings. The Balaban J connectivity index is 2.50. The van der Waals surface area contributed by atoms with E-state index in [9.17, 15) is 0 Å². The summed E-state index contributed by atoms with van der Waals surface area (Å²) in [6.07, 6.45) is 0. The summed E-state index contributed by atoms with van der Waals surface area (Å²) < 4.78 is 1.93. The molecule has 16 heavy (non-hydrogen) atoms. The summed E-state index contributed by atoms with van der Waals surface area (Å²) in [5.41, 5.74) is 9.41. The molecular formula is C12H17N3S. The predicted octanol–water partition coefficient (Wildman–Crippen LogP) is 2.79. The second-order valence-electron chi connectivity index (χ2n) is 4.16. The standard InChI is InChI=1S/C12H17N3S/c1-7(13)10-5-6-11(16-10)12-8(2)14-15(4)9(12)3/h5-7H,13H2,1-4H3. The van der Waals surface area contributed by atoms with Crippen LogP contribution in [0.2, 0.25) is 0 Å². The Labute approximate surface area is 99.9 Å². The number of thiophene rings is 1. The van der Waals surface area contributed by atoms with Gasteiger partial charge in [0.15, 0.2) is 0 Å². The molecule has 0 aromatic carbocycles. The minimum Gasteiger partial charge on any atom is -0.324 e. The first-order valence-corrected chi connectivity index (χ1v) is 6.18. The van der Waals surface area contributed by atoms with Crippen LogP contribution >= 0.6 is 11.3 Å². The molecule has 0 spiro atoms. The minimum absolute atomic E-state index is 0.107. The molecule has 0 aliphatic carbocycles. The topological polar surface area (TPSA) is 43.8 Å². The Morgan fingerprint density at radius 1 is 1.38 bits per heavy atom. The van der Waals surface area contributed by atoms with Crippen LogP contribution in [0.1, 0.15) is 29.2 Å². The van der Waals surface area contributed by atoms with Gasteiger partial charge in [0.1, 0.15) is 0 Å². The lowest BCUT2D eigenvalue weighted by atomic mass is 10.1. The highest BCUT2D eigenvalue weighted by molar-refractivity contribution is 7.15. The van der Waals surface area contributed by atoms with Crippen LogP contribution in [-0.2, 0) is 7.05 Å². The molecule has 2 heterocycles. The van der Waals surface area contributed by atoms with Crippen LogP contribution < -0.4 is 5.73 Å². The molecule has 0 saturated carbocycles. The van der Waals surface area contributed by atoms with Crippen molar-refractivity contribution >= 4 is 11.3 Å². The van der Waals surface area contributed by atoms with Gasteiger partial charge < -0.3 is 5.73 Å². The third-order valence-corrected chi connectivity index (χ3v) is 4.13. The van der Waals surface area contributed by atoms with Gasteiger partial charge in [0.2, 0.25) is 0 Å². The van der Waals surface area contributed by atoms with Crippen molar-refractivity contribution in [2.24, 2.45) is 12.8 Å². The lowest BCUT2D eigenvalue weighted by Crippen LogP contribution is -2.01. The Morgan fingerprint density at radius 2 is 2.06 bits per heavy atom. The fourth-order valence-corrected chi connectivity index (χ4v) is 2.97. The van der Waals surface area contributed by atoms with E-state index in [1.54, 1.807) is 11.3 Å². The van der Waals surface area contributed by atoms with Crippen molar-refractivity contribution in [3.8, 4) is 10.4 Å². The van der Waals surface area contributed by atoms with Crippen molar-refractivity contribution in [1.82, 2.24) is 9.78 Å². The average molecular weight is 235 g/mol. The van der Waals surface area contributed by atoms with E-state index in [4.69, 9.17) is 5.73 Å². The van der Waals surface area contributed by atoms with E-state index in [-0.39, 0.29) is 6.04 Å². The van der Waals surface area contributed by atoms with Gasteiger partial charge in [-0.1, -0.05) is 0 Å². The smallest absolute Gasteiger partial charge is 0.0683 e. The fraction of sp³-hybridized carbons (Fsp3) is 0.417. The summed E-state index contributed by atoms with van der Waals surface area (Å²) in [6.45, 7) is 6.16. The van der Waals surface area contributed by atoms with Crippen molar-refractivity contribution in [3.05, 3.63) is 28.4 Å². The zero-order valence-corrected chi connectivity index (χ0v) is 10.9. The predicted molar refractivity (Wildman–Crippen MR) is 68.6 cm³/mol. The normalized spacial score (nSPS) is 13.1. The molecule has 2 aromatic heterocycles. The van der Waals surface area contributed by atoms with Gasteiger partial charge in [-0.3, -0.25) is 4.68 Å². The van der Waals surface area contributed by atoms with E-state index in [2.05, 4.69) is 24.2 Å². The lowest BCUT2D eigenvalue weighted by Gasteiger charge is -2.00. The van der Waals surface area contributed by atoms with Crippen molar-refractivity contribution in [3.63, 3.8) is 0 Å². The van der Waals surface area contributed by atoms with Gasteiger partial charge in [-0.2, -0.15) is 5.10 Å². The highest BCUT2D eigenvalue weighted by atomic mass is 32.1. The van der Waals surface area contributed by atoms with Crippen LogP contribution in [0.5, 0.6) is 0 Å². The molecule has 0 aliphatic rings. The summed E-state index contributed by atoms with van der Waals surface area (Å²) in [6, 6.07) is 4.35. The molecule has 86 valence electrons. The van der Waals surface area contributed by atoms with E-state index in [0.29, 0.717) is 0 Å². The minimum atomic E-state index is 0.107. The van der Waals surface area contributed by atoms with Crippen molar-refractivity contribution in [2.45, 2.75) is 26.8 Å².